The monoisotopic (exact) mass is 360 g/mol. The molecule has 0 spiro atoms. The Morgan fingerprint density at radius 1 is 1.11 bits per heavy atom. The van der Waals surface area contributed by atoms with Crippen LogP contribution in [0.2, 0.25) is 0 Å². The first-order valence-electron chi connectivity index (χ1n) is 9.11. The zero-order valence-corrected chi connectivity index (χ0v) is 15.3. The number of hydrogen-bond donors (Lipinski definition) is 1. The van der Waals surface area contributed by atoms with Crippen LogP contribution in [0, 0.1) is 5.92 Å². The van der Waals surface area contributed by atoms with Crippen molar-refractivity contribution in [3.63, 3.8) is 0 Å². The predicted octanol–water partition coefficient (Wildman–Crippen LogP) is 4.35. The molecule has 0 bridgehead atoms. The number of rotatable bonds is 4. The standard InChI is InChI=1S/C21H20N4O2/c1-13(2)10-22-20-21-23-11-17(14-7-8-18-19(9-14)27-12-26-18)25(21)16-6-4-3-5-15(16)24-20/h3-9,11,13H,10,12H2,1-2H3,(H,22,24). The van der Waals surface area contributed by atoms with Gasteiger partial charge in [0.1, 0.15) is 0 Å². The van der Waals surface area contributed by atoms with Crippen LogP contribution in [0.25, 0.3) is 27.9 Å². The SMILES string of the molecule is CC(C)CNc1nc2ccccc2n2c(-c3ccc4c(c3)OCO4)cnc12. The molecule has 1 aliphatic rings. The zero-order valence-electron chi connectivity index (χ0n) is 15.3. The number of para-hydroxylation sites is 2. The molecular weight excluding hydrogens is 340 g/mol. The largest absolute Gasteiger partial charge is 0.454 e. The summed E-state index contributed by atoms with van der Waals surface area (Å²) in [6.45, 7) is 5.46. The van der Waals surface area contributed by atoms with Gasteiger partial charge in [-0.05, 0) is 36.2 Å². The van der Waals surface area contributed by atoms with E-state index in [2.05, 4.69) is 34.6 Å². The summed E-state index contributed by atoms with van der Waals surface area (Å²) in [6, 6.07) is 14.1. The van der Waals surface area contributed by atoms with Crippen molar-refractivity contribution in [2.24, 2.45) is 5.92 Å². The molecular formula is C21H20N4O2. The minimum Gasteiger partial charge on any atom is -0.454 e. The van der Waals surface area contributed by atoms with E-state index in [1.807, 2.05) is 42.6 Å². The maximum absolute atomic E-state index is 5.55. The number of benzene rings is 2. The molecule has 1 aliphatic heterocycles. The third-order valence-electron chi connectivity index (χ3n) is 4.67. The molecule has 0 radical (unpaired) electrons. The average molecular weight is 360 g/mol. The number of imidazole rings is 1. The van der Waals surface area contributed by atoms with Crippen molar-refractivity contribution in [2.75, 3.05) is 18.7 Å². The lowest BCUT2D eigenvalue weighted by molar-refractivity contribution is 0.174. The van der Waals surface area contributed by atoms with Gasteiger partial charge in [0.2, 0.25) is 6.79 Å². The molecule has 0 amide bonds. The fourth-order valence-corrected chi connectivity index (χ4v) is 3.36. The second-order valence-electron chi connectivity index (χ2n) is 7.09. The molecule has 0 fully saturated rings. The molecule has 4 aromatic rings. The van der Waals surface area contributed by atoms with Crippen molar-refractivity contribution in [3.8, 4) is 22.8 Å². The Kier molecular flexibility index (Phi) is 3.63. The summed E-state index contributed by atoms with van der Waals surface area (Å²) in [5.74, 6) is 2.85. The maximum Gasteiger partial charge on any atom is 0.231 e. The number of hydrogen-bond acceptors (Lipinski definition) is 5. The molecule has 3 heterocycles. The Balaban J connectivity index is 1.74. The fraction of sp³-hybridized carbons (Fsp3) is 0.238. The van der Waals surface area contributed by atoms with E-state index >= 15 is 0 Å². The van der Waals surface area contributed by atoms with Crippen molar-refractivity contribution in [2.45, 2.75) is 13.8 Å². The highest BCUT2D eigenvalue weighted by Crippen LogP contribution is 2.37. The van der Waals surface area contributed by atoms with Crippen molar-refractivity contribution < 1.29 is 9.47 Å². The molecule has 6 nitrogen and oxygen atoms in total. The molecule has 0 aliphatic carbocycles. The third-order valence-corrected chi connectivity index (χ3v) is 4.67. The quantitative estimate of drug-likeness (QED) is 0.586. The molecule has 6 heteroatoms. The second kappa shape index (κ2) is 6.16. The molecule has 2 aromatic heterocycles. The van der Waals surface area contributed by atoms with Crippen LogP contribution in [0.3, 0.4) is 0 Å². The van der Waals surface area contributed by atoms with Gasteiger partial charge in [0.15, 0.2) is 23.0 Å². The third kappa shape index (κ3) is 2.65. The van der Waals surface area contributed by atoms with Gasteiger partial charge in [0.25, 0.3) is 0 Å². The number of aromatic nitrogens is 3. The van der Waals surface area contributed by atoms with Gasteiger partial charge in [0.05, 0.1) is 22.9 Å². The van der Waals surface area contributed by atoms with Gasteiger partial charge in [-0.3, -0.25) is 4.40 Å². The van der Waals surface area contributed by atoms with Crippen molar-refractivity contribution in [1.29, 1.82) is 0 Å². The highest BCUT2D eigenvalue weighted by atomic mass is 16.7. The normalized spacial score (nSPS) is 13.0. The Morgan fingerprint density at radius 2 is 1.96 bits per heavy atom. The van der Waals surface area contributed by atoms with Crippen LogP contribution < -0.4 is 14.8 Å². The summed E-state index contributed by atoms with van der Waals surface area (Å²) in [5, 5.41) is 3.45. The first-order chi connectivity index (χ1) is 13.2. The van der Waals surface area contributed by atoms with E-state index < -0.39 is 0 Å². The number of fused-ring (bicyclic) bond motifs is 4. The number of nitrogens with zero attached hydrogens (tertiary/aromatic N) is 3. The number of ether oxygens (including phenoxy) is 2. The van der Waals surface area contributed by atoms with Gasteiger partial charge in [0, 0.05) is 12.1 Å². The second-order valence-corrected chi connectivity index (χ2v) is 7.09. The summed E-state index contributed by atoms with van der Waals surface area (Å²) >= 11 is 0. The average Bonchev–Trinajstić information content (AvgIpc) is 3.32. The van der Waals surface area contributed by atoms with Crippen LogP contribution in [0.15, 0.2) is 48.7 Å². The molecule has 0 atom stereocenters. The van der Waals surface area contributed by atoms with Gasteiger partial charge in [-0.2, -0.15) is 0 Å². The minimum absolute atomic E-state index is 0.266. The Hall–Kier alpha value is -3.28. The van der Waals surface area contributed by atoms with Gasteiger partial charge in [-0.15, -0.1) is 0 Å². The molecule has 2 aromatic carbocycles. The lowest BCUT2D eigenvalue weighted by Gasteiger charge is -2.12. The van der Waals surface area contributed by atoms with Crippen molar-refractivity contribution in [3.05, 3.63) is 48.7 Å². The fourth-order valence-electron chi connectivity index (χ4n) is 3.36. The van der Waals surface area contributed by atoms with Crippen LogP contribution in [-0.4, -0.2) is 27.7 Å². The summed E-state index contributed by atoms with van der Waals surface area (Å²) in [7, 11) is 0. The Bertz CT molecular complexity index is 1150. The van der Waals surface area contributed by atoms with E-state index in [-0.39, 0.29) is 6.79 Å². The van der Waals surface area contributed by atoms with E-state index in [9.17, 15) is 0 Å². The molecule has 5 rings (SSSR count). The van der Waals surface area contributed by atoms with Crippen molar-refractivity contribution in [1.82, 2.24) is 14.4 Å². The van der Waals surface area contributed by atoms with E-state index in [1.54, 1.807) is 0 Å². The van der Waals surface area contributed by atoms with E-state index in [0.29, 0.717) is 5.92 Å². The number of nitrogens with one attached hydrogen (secondary N) is 1. The van der Waals surface area contributed by atoms with Crippen LogP contribution in [-0.2, 0) is 0 Å². The molecule has 0 saturated carbocycles. The molecule has 0 saturated heterocycles. The van der Waals surface area contributed by atoms with E-state index in [1.165, 1.54) is 0 Å². The van der Waals surface area contributed by atoms with Crippen LogP contribution in [0.1, 0.15) is 13.8 Å². The van der Waals surface area contributed by atoms with Gasteiger partial charge in [-0.25, -0.2) is 9.97 Å². The summed E-state index contributed by atoms with van der Waals surface area (Å²) < 4.78 is 13.1. The van der Waals surface area contributed by atoms with Crippen molar-refractivity contribution >= 4 is 22.5 Å². The lowest BCUT2D eigenvalue weighted by Crippen LogP contribution is -2.11. The van der Waals surface area contributed by atoms with Gasteiger partial charge >= 0.3 is 0 Å². The van der Waals surface area contributed by atoms with Gasteiger partial charge in [-0.1, -0.05) is 26.0 Å². The summed E-state index contributed by atoms with van der Waals surface area (Å²) in [4.78, 5) is 9.48. The molecule has 136 valence electrons. The van der Waals surface area contributed by atoms with E-state index in [0.717, 1.165) is 51.8 Å². The highest BCUT2D eigenvalue weighted by molar-refractivity contribution is 5.86. The summed E-state index contributed by atoms with van der Waals surface area (Å²) in [5.41, 5.74) is 4.79. The van der Waals surface area contributed by atoms with Crippen LogP contribution in [0.5, 0.6) is 11.5 Å². The Morgan fingerprint density at radius 3 is 2.85 bits per heavy atom. The van der Waals surface area contributed by atoms with E-state index in [4.69, 9.17) is 14.5 Å². The number of anilines is 1. The predicted molar refractivity (Wildman–Crippen MR) is 105 cm³/mol. The topological polar surface area (TPSA) is 60.7 Å². The first-order valence-corrected chi connectivity index (χ1v) is 9.11. The minimum atomic E-state index is 0.266. The smallest absolute Gasteiger partial charge is 0.231 e. The highest BCUT2D eigenvalue weighted by Gasteiger charge is 2.18. The van der Waals surface area contributed by atoms with Crippen LogP contribution >= 0.6 is 0 Å². The first kappa shape index (κ1) is 15.9. The molecule has 0 unspecified atom stereocenters. The van der Waals surface area contributed by atoms with Gasteiger partial charge < -0.3 is 14.8 Å². The lowest BCUT2D eigenvalue weighted by atomic mass is 10.1. The summed E-state index contributed by atoms with van der Waals surface area (Å²) in [6.07, 6.45) is 1.89. The maximum atomic E-state index is 5.55. The zero-order chi connectivity index (χ0) is 18.4. The van der Waals surface area contributed by atoms with Crippen LogP contribution in [0.4, 0.5) is 5.82 Å². The molecule has 1 N–H and O–H groups in total. The Labute approximate surface area is 156 Å². The molecule has 27 heavy (non-hydrogen) atoms.